The van der Waals surface area contributed by atoms with Crippen molar-refractivity contribution in [3.63, 3.8) is 0 Å². The molecule has 23 heavy (non-hydrogen) atoms. The number of carbonyl (C=O) groups excluding carboxylic acids is 2. The molecule has 6 heteroatoms. The van der Waals surface area contributed by atoms with Gasteiger partial charge >= 0.3 is 0 Å². The molecule has 1 saturated carbocycles. The van der Waals surface area contributed by atoms with Crippen molar-refractivity contribution in [1.82, 2.24) is 0 Å². The van der Waals surface area contributed by atoms with Crippen molar-refractivity contribution in [3.05, 3.63) is 24.3 Å². The van der Waals surface area contributed by atoms with E-state index >= 15 is 0 Å². The minimum Gasteiger partial charge on any atom is -0.327 e. The summed E-state index contributed by atoms with van der Waals surface area (Å²) < 4.78 is 0. The number of hydrogen-bond acceptors (Lipinski definition) is 3. The molecule has 1 aromatic carbocycles. The van der Waals surface area contributed by atoms with Gasteiger partial charge in [-0.25, -0.2) is 0 Å². The minimum atomic E-state index is 0. The summed E-state index contributed by atoms with van der Waals surface area (Å²) >= 11 is 0. The highest BCUT2D eigenvalue weighted by molar-refractivity contribution is 5.97. The zero-order valence-corrected chi connectivity index (χ0v) is 14.0. The second-order valence-electron chi connectivity index (χ2n) is 6.31. The maximum absolute atomic E-state index is 12.2. The number of anilines is 2. The van der Waals surface area contributed by atoms with E-state index in [-0.39, 0.29) is 30.3 Å². The van der Waals surface area contributed by atoms with Gasteiger partial charge in [-0.05, 0) is 43.4 Å². The zero-order valence-electron chi connectivity index (χ0n) is 13.2. The smallest absolute Gasteiger partial charge is 0.227 e. The number of carbonyl (C=O) groups is 2. The Bertz CT molecular complexity index is 579. The van der Waals surface area contributed by atoms with Gasteiger partial charge in [-0.3, -0.25) is 9.59 Å². The normalized spacial score (nSPS) is 23.7. The quantitative estimate of drug-likeness (QED) is 0.887. The van der Waals surface area contributed by atoms with Gasteiger partial charge in [-0.2, -0.15) is 0 Å². The molecule has 3 N–H and O–H groups in total. The number of nitrogens with one attached hydrogen (secondary N) is 1. The topological polar surface area (TPSA) is 75.4 Å². The molecule has 1 heterocycles. The molecule has 5 nitrogen and oxygen atoms in total. The van der Waals surface area contributed by atoms with Crippen molar-refractivity contribution < 1.29 is 9.59 Å². The molecule has 3 rings (SSSR count). The van der Waals surface area contributed by atoms with Gasteiger partial charge in [0.05, 0.1) is 0 Å². The standard InChI is InChI=1S/C17H23N3O2.ClH/c18-15-7-1-4-12(15)10-16(21)19-13-5-2-6-14(11-13)20-9-3-8-17(20)22;/h2,5-6,11-12,15H,1,3-4,7-10,18H2,(H,19,21);1H/t12-,15+;/m0./s1. The summed E-state index contributed by atoms with van der Waals surface area (Å²) in [6.45, 7) is 0.757. The Hall–Kier alpha value is -1.59. The Morgan fingerprint density at radius 3 is 2.78 bits per heavy atom. The lowest BCUT2D eigenvalue weighted by Crippen LogP contribution is -2.28. The van der Waals surface area contributed by atoms with Gasteiger partial charge in [0.1, 0.15) is 0 Å². The Morgan fingerprint density at radius 1 is 1.30 bits per heavy atom. The number of hydrogen-bond donors (Lipinski definition) is 2. The van der Waals surface area contributed by atoms with Crippen LogP contribution in [0.15, 0.2) is 24.3 Å². The van der Waals surface area contributed by atoms with Crippen LogP contribution in [-0.4, -0.2) is 24.4 Å². The second kappa shape index (κ2) is 7.79. The maximum atomic E-state index is 12.2. The molecule has 0 bridgehead atoms. The van der Waals surface area contributed by atoms with Crippen LogP contribution >= 0.6 is 12.4 Å². The van der Waals surface area contributed by atoms with E-state index in [4.69, 9.17) is 5.73 Å². The molecular formula is C17H24ClN3O2. The van der Waals surface area contributed by atoms with Crippen LogP contribution in [0.4, 0.5) is 11.4 Å². The van der Waals surface area contributed by atoms with Crippen molar-refractivity contribution in [3.8, 4) is 0 Å². The molecule has 2 aliphatic rings. The number of nitrogens with two attached hydrogens (primary N) is 1. The zero-order chi connectivity index (χ0) is 15.5. The van der Waals surface area contributed by atoms with Crippen molar-refractivity contribution in [2.75, 3.05) is 16.8 Å². The summed E-state index contributed by atoms with van der Waals surface area (Å²) in [5, 5.41) is 2.94. The second-order valence-corrected chi connectivity index (χ2v) is 6.31. The fraction of sp³-hybridized carbons (Fsp3) is 0.529. The van der Waals surface area contributed by atoms with Gasteiger partial charge in [0.15, 0.2) is 0 Å². The highest BCUT2D eigenvalue weighted by Gasteiger charge is 2.26. The molecule has 0 spiro atoms. The summed E-state index contributed by atoms with van der Waals surface area (Å²) in [6, 6.07) is 7.66. The number of halogens is 1. The average molecular weight is 338 g/mol. The maximum Gasteiger partial charge on any atom is 0.227 e. The van der Waals surface area contributed by atoms with Crippen molar-refractivity contribution in [1.29, 1.82) is 0 Å². The monoisotopic (exact) mass is 337 g/mol. The fourth-order valence-corrected chi connectivity index (χ4v) is 3.44. The first-order chi connectivity index (χ1) is 10.6. The van der Waals surface area contributed by atoms with Crippen molar-refractivity contribution in [2.24, 2.45) is 11.7 Å². The molecule has 126 valence electrons. The third-order valence-electron chi connectivity index (χ3n) is 4.68. The predicted molar refractivity (Wildman–Crippen MR) is 93.8 cm³/mol. The molecule has 1 aliphatic carbocycles. The van der Waals surface area contributed by atoms with Crippen LogP contribution in [0.2, 0.25) is 0 Å². The number of nitrogens with zero attached hydrogens (tertiary/aromatic N) is 1. The minimum absolute atomic E-state index is 0. The first kappa shape index (κ1) is 17.8. The van der Waals surface area contributed by atoms with Crippen molar-refractivity contribution in [2.45, 2.75) is 44.6 Å². The molecule has 1 saturated heterocycles. The fourth-order valence-electron chi connectivity index (χ4n) is 3.44. The van der Waals surface area contributed by atoms with E-state index in [2.05, 4.69) is 5.32 Å². The summed E-state index contributed by atoms with van der Waals surface area (Å²) in [4.78, 5) is 25.7. The van der Waals surface area contributed by atoms with Gasteiger partial charge in [0, 0.05) is 36.8 Å². The highest BCUT2D eigenvalue weighted by Crippen LogP contribution is 2.28. The van der Waals surface area contributed by atoms with E-state index in [9.17, 15) is 9.59 Å². The first-order valence-electron chi connectivity index (χ1n) is 8.09. The van der Waals surface area contributed by atoms with Gasteiger partial charge in [-0.15, -0.1) is 12.4 Å². The summed E-state index contributed by atoms with van der Waals surface area (Å²) in [6.07, 6.45) is 5.16. The highest BCUT2D eigenvalue weighted by atomic mass is 35.5. The number of benzene rings is 1. The number of rotatable bonds is 4. The summed E-state index contributed by atoms with van der Waals surface area (Å²) in [7, 11) is 0. The van der Waals surface area contributed by atoms with Crippen LogP contribution in [0.1, 0.15) is 38.5 Å². The lowest BCUT2D eigenvalue weighted by molar-refractivity contribution is -0.117. The predicted octanol–water partition coefficient (Wildman–Crippen LogP) is 2.69. The molecule has 2 atom stereocenters. The van der Waals surface area contributed by atoms with E-state index in [0.29, 0.717) is 18.8 Å². The van der Waals surface area contributed by atoms with Crippen molar-refractivity contribution >= 4 is 35.6 Å². The molecule has 1 aliphatic heterocycles. The molecular weight excluding hydrogens is 314 g/mol. The number of amides is 2. The van der Waals surface area contributed by atoms with E-state index < -0.39 is 0 Å². The van der Waals surface area contributed by atoms with Crippen LogP contribution in [0.3, 0.4) is 0 Å². The SMILES string of the molecule is Cl.N[C@@H]1CCC[C@H]1CC(=O)Nc1cccc(N2CCCC2=O)c1. The lowest BCUT2D eigenvalue weighted by Gasteiger charge is -2.18. The third-order valence-corrected chi connectivity index (χ3v) is 4.68. The van der Waals surface area contributed by atoms with E-state index in [1.54, 1.807) is 4.90 Å². The van der Waals surface area contributed by atoms with E-state index in [1.807, 2.05) is 24.3 Å². The Labute approximate surface area is 143 Å². The molecule has 0 unspecified atom stereocenters. The molecule has 2 amide bonds. The van der Waals surface area contributed by atoms with Crippen LogP contribution in [0.25, 0.3) is 0 Å². The van der Waals surface area contributed by atoms with Crippen LogP contribution < -0.4 is 16.0 Å². The van der Waals surface area contributed by atoms with E-state index in [1.165, 1.54) is 0 Å². The third kappa shape index (κ3) is 4.24. The average Bonchev–Trinajstić information content (AvgIpc) is 3.08. The van der Waals surface area contributed by atoms with Gasteiger partial charge in [-0.1, -0.05) is 12.5 Å². The molecule has 0 radical (unpaired) electrons. The molecule has 0 aromatic heterocycles. The molecule has 2 fully saturated rings. The summed E-state index contributed by atoms with van der Waals surface area (Å²) in [5.41, 5.74) is 7.62. The molecule has 1 aromatic rings. The van der Waals surface area contributed by atoms with Gasteiger partial charge in [0.25, 0.3) is 0 Å². The van der Waals surface area contributed by atoms with Gasteiger partial charge < -0.3 is 16.0 Å². The van der Waals surface area contributed by atoms with Crippen LogP contribution in [-0.2, 0) is 9.59 Å². The first-order valence-corrected chi connectivity index (χ1v) is 8.09. The van der Waals surface area contributed by atoms with E-state index in [0.717, 1.165) is 43.6 Å². The largest absolute Gasteiger partial charge is 0.327 e. The van der Waals surface area contributed by atoms with Gasteiger partial charge in [0.2, 0.25) is 11.8 Å². The van der Waals surface area contributed by atoms with Crippen LogP contribution in [0, 0.1) is 5.92 Å². The Morgan fingerprint density at radius 2 is 2.13 bits per heavy atom. The Kier molecular flexibility index (Phi) is 6.02. The lowest BCUT2D eigenvalue weighted by atomic mass is 10.00. The Balaban J connectivity index is 0.00000192. The van der Waals surface area contributed by atoms with Crippen LogP contribution in [0.5, 0.6) is 0 Å². The summed E-state index contributed by atoms with van der Waals surface area (Å²) in [5.74, 6) is 0.455.